The van der Waals surface area contributed by atoms with Crippen LogP contribution in [0.1, 0.15) is 24.0 Å². The fraction of sp³-hybridized carbons (Fsp3) is 0.519. The van der Waals surface area contributed by atoms with Crippen molar-refractivity contribution in [2.45, 2.75) is 51.6 Å². The maximum atomic E-state index is 13.5. The van der Waals surface area contributed by atoms with Crippen molar-refractivity contribution < 1.29 is 26.4 Å². The van der Waals surface area contributed by atoms with Crippen LogP contribution in [0.15, 0.2) is 48.5 Å². The Kier molecular flexibility index (Phi) is 8.79. The molecule has 2 heterocycles. The maximum Gasteiger partial charge on any atom is 0.329 e. The molecule has 9 nitrogen and oxygen atoms in total. The zero-order chi connectivity index (χ0) is 28.4. The molecule has 1 unspecified atom stereocenters. The molecule has 12 heteroatoms. The normalized spacial score (nSPS) is 20.4. The van der Waals surface area contributed by atoms with Gasteiger partial charge in [0.05, 0.1) is 11.9 Å². The van der Waals surface area contributed by atoms with Crippen LogP contribution in [0.3, 0.4) is 0 Å². The van der Waals surface area contributed by atoms with Gasteiger partial charge in [0.2, 0.25) is 10.0 Å². The summed E-state index contributed by atoms with van der Waals surface area (Å²) in [6.07, 6.45) is 3.59. The van der Waals surface area contributed by atoms with Gasteiger partial charge in [-0.2, -0.15) is 8.42 Å². The quantitative estimate of drug-likeness (QED) is 0.389. The number of rotatable bonds is 10. The van der Waals surface area contributed by atoms with E-state index in [2.05, 4.69) is 19.6 Å². The van der Waals surface area contributed by atoms with Crippen molar-refractivity contribution in [3.63, 3.8) is 0 Å². The first-order valence-corrected chi connectivity index (χ1v) is 20.3. The lowest BCUT2D eigenvalue weighted by molar-refractivity contribution is -0.123. The molecule has 2 fully saturated rings. The molecule has 0 radical (unpaired) electrons. The van der Waals surface area contributed by atoms with Crippen LogP contribution in [-0.4, -0.2) is 71.9 Å². The van der Waals surface area contributed by atoms with Gasteiger partial charge in [-0.05, 0) is 54.5 Å². The lowest BCUT2D eigenvalue weighted by Crippen LogP contribution is -2.39. The molecule has 39 heavy (non-hydrogen) atoms. The van der Waals surface area contributed by atoms with E-state index in [1.54, 1.807) is 6.07 Å². The Balaban J connectivity index is 1.61. The van der Waals surface area contributed by atoms with Gasteiger partial charge >= 0.3 is 10.2 Å². The van der Waals surface area contributed by atoms with Crippen LogP contribution in [0.4, 0.5) is 5.69 Å². The number of anilines is 1. The Labute approximate surface area is 234 Å². The van der Waals surface area contributed by atoms with Crippen LogP contribution in [0.5, 0.6) is 5.75 Å². The minimum atomic E-state index is -4.04. The van der Waals surface area contributed by atoms with E-state index in [4.69, 9.17) is 4.74 Å². The van der Waals surface area contributed by atoms with Gasteiger partial charge in [-0.1, -0.05) is 56.0 Å². The van der Waals surface area contributed by atoms with Gasteiger partial charge < -0.3 is 4.74 Å². The van der Waals surface area contributed by atoms with Crippen molar-refractivity contribution in [3.8, 4) is 5.75 Å². The standard InChI is InChI=1S/C27H39N3O6S2Si/c1-37(32,33)28-14-8-11-24(19-28)17-23-12-13-25(26(18-23)36-21-22-9-6-5-7-10-22)30-20-27(31)29(38(30,34)35)15-16-39(2,3)4/h5-7,9-10,12-13,18,24H,8,11,14-17,19-21H2,1-4H3. The highest BCUT2D eigenvalue weighted by atomic mass is 32.2. The molecule has 1 amide bonds. The molecule has 2 aromatic carbocycles. The van der Waals surface area contributed by atoms with Crippen LogP contribution in [0.25, 0.3) is 0 Å². The molecule has 2 saturated heterocycles. The predicted octanol–water partition coefficient (Wildman–Crippen LogP) is 3.71. The molecule has 0 bridgehead atoms. The molecule has 2 aliphatic rings. The summed E-state index contributed by atoms with van der Waals surface area (Å²) in [6.45, 7) is 7.60. The van der Waals surface area contributed by atoms with Crippen molar-refractivity contribution in [3.05, 3.63) is 59.7 Å². The lowest BCUT2D eigenvalue weighted by Gasteiger charge is -2.31. The van der Waals surface area contributed by atoms with Gasteiger partial charge in [-0.3, -0.25) is 4.79 Å². The first-order valence-electron chi connectivity index (χ1n) is 13.3. The Morgan fingerprint density at radius 1 is 1.05 bits per heavy atom. The SMILES string of the molecule is C[Si](C)(C)CCN1C(=O)CN(c2ccc(CC3CCCN(S(C)(=O)=O)C3)cc2OCc2ccccc2)S1(=O)=O. The summed E-state index contributed by atoms with van der Waals surface area (Å²) < 4.78 is 61.0. The number of hydrogen-bond donors (Lipinski definition) is 0. The summed E-state index contributed by atoms with van der Waals surface area (Å²) in [6, 6.07) is 15.7. The average Bonchev–Trinajstić information content (AvgIpc) is 3.09. The molecular weight excluding hydrogens is 555 g/mol. The number of ether oxygens (including phenoxy) is 1. The van der Waals surface area contributed by atoms with Crippen LogP contribution >= 0.6 is 0 Å². The first kappa shape index (κ1) is 29.6. The van der Waals surface area contributed by atoms with Crippen molar-refractivity contribution in [1.29, 1.82) is 0 Å². The van der Waals surface area contributed by atoms with E-state index in [-0.39, 0.29) is 25.6 Å². The van der Waals surface area contributed by atoms with Crippen LogP contribution in [0.2, 0.25) is 25.7 Å². The molecule has 2 aliphatic heterocycles. The highest BCUT2D eigenvalue weighted by Crippen LogP contribution is 2.37. The van der Waals surface area contributed by atoms with Gasteiger partial charge in [0.1, 0.15) is 18.9 Å². The Hall–Kier alpha value is -2.41. The van der Waals surface area contributed by atoms with E-state index < -0.39 is 34.2 Å². The molecule has 214 valence electrons. The summed E-state index contributed by atoms with van der Waals surface area (Å²) >= 11 is 0. The van der Waals surface area contributed by atoms with Crippen LogP contribution < -0.4 is 9.04 Å². The second kappa shape index (κ2) is 11.6. The summed E-state index contributed by atoms with van der Waals surface area (Å²) in [5.74, 6) is 0.0976. The molecule has 2 aromatic rings. The third-order valence-corrected chi connectivity index (χ3v) is 12.0. The fourth-order valence-electron chi connectivity index (χ4n) is 4.99. The number of hydrogen-bond acceptors (Lipinski definition) is 6. The number of carbonyl (C=O) groups is 1. The molecule has 4 rings (SSSR count). The van der Waals surface area contributed by atoms with Crippen LogP contribution in [-0.2, 0) is 38.1 Å². The minimum absolute atomic E-state index is 0.149. The van der Waals surface area contributed by atoms with Gasteiger partial charge in [0, 0.05) is 27.7 Å². The van der Waals surface area contributed by atoms with Gasteiger partial charge in [0.25, 0.3) is 5.91 Å². The zero-order valence-corrected chi connectivity index (χ0v) is 25.8. The van der Waals surface area contributed by atoms with E-state index >= 15 is 0 Å². The highest BCUT2D eigenvalue weighted by molar-refractivity contribution is 7.91. The van der Waals surface area contributed by atoms with Gasteiger partial charge in [0.15, 0.2) is 0 Å². The molecular formula is C27H39N3O6S2Si. The number of benzene rings is 2. The van der Waals surface area contributed by atoms with Gasteiger partial charge in [-0.15, -0.1) is 0 Å². The van der Waals surface area contributed by atoms with Crippen molar-refractivity contribution >= 4 is 39.9 Å². The van der Waals surface area contributed by atoms with E-state index in [1.807, 2.05) is 42.5 Å². The summed E-state index contributed by atoms with van der Waals surface area (Å²) in [7, 11) is -8.86. The fourth-order valence-corrected chi connectivity index (χ4v) is 8.53. The predicted molar refractivity (Wildman–Crippen MR) is 156 cm³/mol. The molecule has 0 aromatic heterocycles. The van der Waals surface area contributed by atoms with Gasteiger partial charge in [-0.25, -0.2) is 21.3 Å². The topological polar surface area (TPSA) is 104 Å². The largest absolute Gasteiger partial charge is 0.487 e. The third kappa shape index (κ3) is 7.41. The summed E-state index contributed by atoms with van der Waals surface area (Å²) in [5.41, 5.74) is 2.20. The first-order chi connectivity index (χ1) is 18.2. The Morgan fingerprint density at radius 2 is 1.77 bits per heavy atom. The zero-order valence-electron chi connectivity index (χ0n) is 23.2. The maximum absolute atomic E-state index is 13.5. The second-order valence-corrected chi connectivity index (χ2v) is 21.1. The van der Waals surface area contributed by atoms with Crippen molar-refractivity contribution in [1.82, 2.24) is 8.61 Å². The molecule has 0 aliphatic carbocycles. The Bertz CT molecular complexity index is 1390. The number of piperidine rings is 1. The molecule has 0 N–H and O–H groups in total. The molecule has 1 atom stereocenters. The lowest BCUT2D eigenvalue weighted by atomic mass is 9.92. The number of amides is 1. The monoisotopic (exact) mass is 593 g/mol. The number of sulfonamides is 1. The second-order valence-electron chi connectivity index (χ2n) is 11.7. The molecule has 0 spiro atoms. The van der Waals surface area contributed by atoms with Crippen LogP contribution in [0, 0.1) is 5.92 Å². The average molecular weight is 594 g/mol. The summed E-state index contributed by atoms with van der Waals surface area (Å²) in [5, 5.41) is 0. The minimum Gasteiger partial charge on any atom is -0.487 e. The smallest absolute Gasteiger partial charge is 0.329 e. The van der Waals surface area contributed by atoms with Crippen molar-refractivity contribution in [2.75, 3.05) is 36.7 Å². The highest BCUT2D eigenvalue weighted by Gasteiger charge is 2.44. The molecule has 0 saturated carbocycles. The van der Waals surface area contributed by atoms with E-state index in [9.17, 15) is 21.6 Å². The third-order valence-electron chi connectivity index (χ3n) is 7.18. The Morgan fingerprint density at radius 3 is 2.44 bits per heavy atom. The number of carbonyl (C=O) groups excluding carboxylic acids is 1. The van der Waals surface area contributed by atoms with Crippen molar-refractivity contribution in [2.24, 2.45) is 5.92 Å². The summed E-state index contributed by atoms with van der Waals surface area (Å²) in [4.78, 5) is 12.8. The van der Waals surface area contributed by atoms with E-state index in [0.29, 0.717) is 37.0 Å². The number of nitrogens with zero attached hydrogens (tertiary/aromatic N) is 3. The van der Waals surface area contributed by atoms with E-state index in [1.165, 1.54) is 10.6 Å². The van der Waals surface area contributed by atoms with E-state index in [0.717, 1.165) is 32.6 Å².